The lowest BCUT2D eigenvalue weighted by Gasteiger charge is -2.34. The second-order valence-corrected chi connectivity index (χ2v) is 8.34. The number of aryl methyl sites for hydroxylation is 1. The Kier molecular flexibility index (Phi) is 4.71. The fourth-order valence-electron chi connectivity index (χ4n) is 4.55. The van der Waals surface area contributed by atoms with Gasteiger partial charge in [0.25, 0.3) is 0 Å². The molecule has 3 aliphatic rings. The number of aromatic nitrogens is 3. The van der Waals surface area contributed by atoms with Crippen molar-refractivity contribution in [3.05, 3.63) is 77.2 Å². The molecule has 158 valence electrons. The van der Waals surface area contributed by atoms with Crippen molar-refractivity contribution >= 4 is 13.5 Å². The van der Waals surface area contributed by atoms with Gasteiger partial charge < -0.3 is 14.4 Å². The molecule has 1 aromatic carbocycles. The van der Waals surface area contributed by atoms with Crippen LogP contribution in [0.5, 0.6) is 0 Å². The third-order valence-electron chi connectivity index (χ3n) is 6.30. The predicted octanol–water partition coefficient (Wildman–Crippen LogP) is 4.18. The molecule has 0 unspecified atom stereocenters. The van der Waals surface area contributed by atoms with Gasteiger partial charge in [0.2, 0.25) is 0 Å². The zero-order valence-corrected chi connectivity index (χ0v) is 17.0. The minimum Gasteiger partial charge on any atom is -0.328 e. The highest BCUT2D eigenvalue weighted by atomic mass is 19.4. The summed E-state index contributed by atoms with van der Waals surface area (Å²) in [5.41, 5.74) is 1.41. The van der Waals surface area contributed by atoms with Crippen molar-refractivity contribution in [1.82, 2.24) is 19.7 Å². The van der Waals surface area contributed by atoms with Gasteiger partial charge in [-0.3, -0.25) is 0 Å². The summed E-state index contributed by atoms with van der Waals surface area (Å²) in [7, 11) is 7.67. The number of hydrogen-bond donors (Lipinski definition) is 0. The van der Waals surface area contributed by atoms with Crippen molar-refractivity contribution in [3.8, 4) is 0 Å². The topological polar surface area (TPSA) is 37.2 Å². The van der Waals surface area contributed by atoms with Gasteiger partial charge in [0, 0.05) is 24.9 Å². The van der Waals surface area contributed by atoms with Crippen molar-refractivity contribution in [2.24, 2.45) is 13.0 Å². The quantitative estimate of drug-likeness (QED) is 0.692. The second kappa shape index (κ2) is 7.32. The molecular formula is C22H21BF3N5. The van der Waals surface area contributed by atoms with Crippen LogP contribution in [0.1, 0.15) is 36.6 Å². The number of nitrogens with zero attached hydrogens (tertiary/aromatic N) is 5. The van der Waals surface area contributed by atoms with E-state index >= 15 is 0 Å². The first-order valence-electron chi connectivity index (χ1n) is 10.3. The van der Waals surface area contributed by atoms with Gasteiger partial charge in [0.15, 0.2) is 0 Å². The monoisotopic (exact) mass is 423 g/mol. The van der Waals surface area contributed by atoms with Crippen molar-refractivity contribution in [1.29, 1.82) is 0 Å². The fraction of sp³-hybridized carbons (Fsp3) is 0.364. The Labute approximate surface area is 180 Å². The Hall–Kier alpha value is -2.97. The van der Waals surface area contributed by atoms with Crippen LogP contribution in [0.2, 0.25) is 0 Å². The molecular weight excluding hydrogens is 402 g/mol. The summed E-state index contributed by atoms with van der Waals surface area (Å²) in [5, 5.41) is 8.40. The van der Waals surface area contributed by atoms with E-state index in [0.29, 0.717) is 5.92 Å². The van der Waals surface area contributed by atoms with Gasteiger partial charge in [-0.15, -0.1) is 10.2 Å². The zero-order valence-electron chi connectivity index (χ0n) is 17.0. The van der Waals surface area contributed by atoms with Crippen LogP contribution in [-0.2, 0) is 7.05 Å². The van der Waals surface area contributed by atoms with Crippen LogP contribution >= 0.6 is 0 Å². The van der Waals surface area contributed by atoms with E-state index in [-0.39, 0.29) is 23.8 Å². The van der Waals surface area contributed by atoms with Crippen LogP contribution in [-0.4, -0.2) is 40.4 Å². The molecule has 2 aromatic rings. The van der Waals surface area contributed by atoms with Crippen molar-refractivity contribution in [3.63, 3.8) is 0 Å². The standard InChI is InChI=1S/C22H21BF3N5/c1-29-12-27-28-21(29)20(14-4-2-5-14)15-6-3-7-17(8-15)30-11-19-18(22(24,25)26)9-16(23)10-31(19)13-30/h3,6-12,14,20H,2,4-5,13H2,1H3/t20-/m1/s1. The molecule has 2 aliphatic heterocycles. The molecule has 0 N–H and O–H groups in total. The van der Waals surface area contributed by atoms with Crippen molar-refractivity contribution < 1.29 is 13.2 Å². The lowest BCUT2D eigenvalue weighted by Crippen LogP contribution is -2.28. The Morgan fingerprint density at radius 3 is 2.61 bits per heavy atom. The number of benzene rings is 1. The Balaban J connectivity index is 1.49. The highest BCUT2D eigenvalue weighted by molar-refractivity contribution is 6.23. The molecule has 0 bridgehead atoms. The van der Waals surface area contributed by atoms with Crippen LogP contribution in [0, 0.1) is 5.92 Å². The SMILES string of the molecule is [B]C1=CN2CN(c3cccc([C@H](c4nncn4C)C4CCC4)c3)C=C2C(C(F)(F)F)=C1. The van der Waals surface area contributed by atoms with Gasteiger partial charge in [-0.1, -0.05) is 30.1 Å². The van der Waals surface area contributed by atoms with Gasteiger partial charge in [0.1, 0.15) is 20.0 Å². The minimum absolute atomic E-state index is 0.0902. The number of hydrogen-bond acceptors (Lipinski definition) is 4. The lowest BCUT2D eigenvalue weighted by atomic mass is 9.72. The second-order valence-electron chi connectivity index (χ2n) is 8.34. The van der Waals surface area contributed by atoms with Crippen molar-refractivity contribution in [2.75, 3.05) is 11.6 Å². The Morgan fingerprint density at radius 2 is 1.97 bits per heavy atom. The van der Waals surface area contributed by atoms with E-state index in [2.05, 4.69) is 22.3 Å². The van der Waals surface area contributed by atoms with E-state index < -0.39 is 11.7 Å². The van der Waals surface area contributed by atoms with E-state index in [4.69, 9.17) is 7.85 Å². The van der Waals surface area contributed by atoms with Crippen LogP contribution < -0.4 is 4.90 Å². The van der Waals surface area contributed by atoms with Crippen LogP contribution in [0.3, 0.4) is 0 Å². The minimum atomic E-state index is -4.47. The number of alkyl halides is 3. The number of allylic oxidation sites excluding steroid dienone is 3. The Bertz CT molecular complexity index is 1100. The molecule has 9 heteroatoms. The molecule has 1 saturated carbocycles. The molecule has 1 aliphatic carbocycles. The third-order valence-corrected chi connectivity index (χ3v) is 6.30. The highest BCUT2D eigenvalue weighted by Crippen LogP contribution is 2.44. The first-order valence-corrected chi connectivity index (χ1v) is 10.3. The third kappa shape index (κ3) is 3.56. The number of halogens is 3. The molecule has 0 spiro atoms. The van der Waals surface area contributed by atoms with Crippen LogP contribution in [0.15, 0.2) is 65.8 Å². The zero-order chi connectivity index (χ0) is 21.8. The highest BCUT2D eigenvalue weighted by Gasteiger charge is 2.41. The van der Waals surface area contributed by atoms with E-state index in [9.17, 15) is 13.2 Å². The van der Waals surface area contributed by atoms with Crippen LogP contribution in [0.25, 0.3) is 0 Å². The average Bonchev–Trinajstić information content (AvgIpc) is 3.29. The van der Waals surface area contributed by atoms with Gasteiger partial charge in [-0.25, -0.2) is 0 Å². The van der Waals surface area contributed by atoms with Crippen LogP contribution in [0.4, 0.5) is 18.9 Å². The molecule has 31 heavy (non-hydrogen) atoms. The molecule has 0 amide bonds. The molecule has 1 aromatic heterocycles. The summed E-state index contributed by atoms with van der Waals surface area (Å²) in [4.78, 5) is 3.36. The van der Waals surface area contributed by atoms with E-state index in [1.54, 1.807) is 18.7 Å². The normalized spacial score (nSPS) is 20.1. The van der Waals surface area contributed by atoms with Gasteiger partial charge in [-0.05, 0) is 42.7 Å². The molecule has 1 atom stereocenters. The Morgan fingerprint density at radius 1 is 1.16 bits per heavy atom. The first kappa shape index (κ1) is 20.0. The summed E-state index contributed by atoms with van der Waals surface area (Å²) < 4.78 is 42.5. The number of anilines is 1. The van der Waals surface area contributed by atoms with E-state index in [1.807, 2.05) is 28.6 Å². The van der Waals surface area contributed by atoms with Gasteiger partial charge in [-0.2, -0.15) is 13.2 Å². The molecule has 0 saturated heterocycles. The lowest BCUT2D eigenvalue weighted by molar-refractivity contribution is -0.0910. The fourth-order valence-corrected chi connectivity index (χ4v) is 4.55. The smallest absolute Gasteiger partial charge is 0.328 e. The summed E-state index contributed by atoms with van der Waals surface area (Å²) in [6.45, 7) is 0.269. The average molecular weight is 423 g/mol. The molecule has 1 fully saturated rings. The molecule has 2 radical (unpaired) electrons. The van der Waals surface area contributed by atoms with Gasteiger partial charge >= 0.3 is 6.18 Å². The van der Waals surface area contributed by atoms with Crippen molar-refractivity contribution in [2.45, 2.75) is 31.4 Å². The summed E-state index contributed by atoms with van der Waals surface area (Å²) in [6.07, 6.45) is 4.77. The summed E-state index contributed by atoms with van der Waals surface area (Å²) >= 11 is 0. The molecule has 5 nitrogen and oxygen atoms in total. The summed E-state index contributed by atoms with van der Waals surface area (Å²) in [6, 6.07) is 7.98. The van der Waals surface area contributed by atoms with E-state index in [0.717, 1.165) is 36.0 Å². The largest absolute Gasteiger partial charge is 0.418 e. The molecule has 3 heterocycles. The first-order chi connectivity index (χ1) is 14.8. The maximum absolute atomic E-state index is 13.5. The predicted molar refractivity (Wildman–Crippen MR) is 112 cm³/mol. The van der Waals surface area contributed by atoms with E-state index in [1.165, 1.54) is 11.3 Å². The maximum Gasteiger partial charge on any atom is 0.418 e. The number of fused-ring (bicyclic) bond motifs is 1. The molecule has 5 rings (SSSR count). The van der Waals surface area contributed by atoms with Gasteiger partial charge in [0.05, 0.1) is 17.9 Å². The summed E-state index contributed by atoms with van der Waals surface area (Å²) in [5.74, 6) is 1.51. The number of rotatable bonds is 4. The maximum atomic E-state index is 13.5.